The molecule has 0 unspecified atom stereocenters. The molecule has 0 fully saturated rings. The van der Waals surface area contributed by atoms with Crippen molar-refractivity contribution in [1.82, 2.24) is 4.90 Å². The molecule has 0 aliphatic rings. The minimum atomic E-state index is -0.135. The topological polar surface area (TPSA) is 41.6 Å². The van der Waals surface area contributed by atoms with Gasteiger partial charge in [0.2, 0.25) is 5.91 Å². The van der Waals surface area contributed by atoms with E-state index < -0.39 is 0 Å². The van der Waals surface area contributed by atoms with Crippen molar-refractivity contribution in [2.75, 3.05) is 26.0 Å². The highest BCUT2D eigenvalue weighted by Crippen LogP contribution is 2.24. The van der Waals surface area contributed by atoms with Gasteiger partial charge < -0.3 is 10.1 Å². The molecule has 0 aliphatic carbocycles. The number of likely N-dealkylation sites (N-methyl/N-ethyl adjacent to an activating group) is 1. The van der Waals surface area contributed by atoms with Crippen LogP contribution in [0.25, 0.3) is 0 Å². The summed E-state index contributed by atoms with van der Waals surface area (Å²) in [6, 6.07) is 11.0. The predicted octanol–water partition coefficient (Wildman–Crippen LogP) is 4.38. The Morgan fingerprint density at radius 1 is 1.21 bits per heavy atom. The third-order valence-electron chi connectivity index (χ3n) is 3.49. The fraction of sp³-hybridized carbons (Fsp3) is 0.278. The molecular weight excluding hydrogens is 347 g/mol. The third-order valence-corrected chi connectivity index (χ3v) is 4.04. The van der Waals surface area contributed by atoms with Gasteiger partial charge in [-0.1, -0.05) is 29.3 Å². The standard InChI is InChI=1S/C18H20Cl2N2O2/c1-12-4-6-16(15(20)8-12)21-18(23)11-22(2)10-13-9-14(19)5-7-17(13)24-3/h4-9H,10-11H2,1-3H3,(H,21,23). The van der Waals surface area contributed by atoms with Crippen molar-refractivity contribution in [3.8, 4) is 5.75 Å². The van der Waals surface area contributed by atoms with Crippen LogP contribution in [0.5, 0.6) is 5.75 Å². The number of halogens is 2. The Hall–Kier alpha value is -1.75. The van der Waals surface area contributed by atoms with E-state index in [1.54, 1.807) is 19.2 Å². The molecule has 0 radical (unpaired) electrons. The first-order chi connectivity index (χ1) is 11.4. The van der Waals surface area contributed by atoms with Gasteiger partial charge in [0.1, 0.15) is 5.75 Å². The van der Waals surface area contributed by atoms with E-state index in [0.717, 1.165) is 16.9 Å². The van der Waals surface area contributed by atoms with E-state index in [1.807, 2.05) is 43.1 Å². The summed E-state index contributed by atoms with van der Waals surface area (Å²) in [6.45, 7) is 2.71. The maximum absolute atomic E-state index is 12.2. The van der Waals surface area contributed by atoms with Crippen LogP contribution < -0.4 is 10.1 Å². The molecule has 0 saturated carbocycles. The summed E-state index contributed by atoms with van der Waals surface area (Å²) in [4.78, 5) is 14.1. The minimum absolute atomic E-state index is 0.135. The van der Waals surface area contributed by atoms with Gasteiger partial charge in [0.05, 0.1) is 24.4 Å². The van der Waals surface area contributed by atoms with E-state index in [2.05, 4.69) is 5.32 Å². The Labute approximate surface area is 152 Å². The van der Waals surface area contributed by atoms with E-state index >= 15 is 0 Å². The second kappa shape index (κ2) is 8.38. The van der Waals surface area contributed by atoms with E-state index in [0.29, 0.717) is 22.3 Å². The third kappa shape index (κ3) is 5.13. The van der Waals surface area contributed by atoms with E-state index in [4.69, 9.17) is 27.9 Å². The molecular formula is C18H20Cl2N2O2. The van der Waals surface area contributed by atoms with Crippen LogP contribution >= 0.6 is 23.2 Å². The van der Waals surface area contributed by atoms with Gasteiger partial charge in [-0.05, 0) is 49.9 Å². The number of hydrogen-bond acceptors (Lipinski definition) is 3. The summed E-state index contributed by atoms with van der Waals surface area (Å²) in [5.74, 6) is 0.609. The van der Waals surface area contributed by atoms with Gasteiger partial charge in [0.15, 0.2) is 0 Å². The van der Waals surface area contributed by atoms with Gasteiger partial charge in [-0.3, -0.25) is 9.69 Å². The van der Waals surface area contributed by atoms with Crippen LogP contribution in [0.2, 0.25) is 10.0 Å². The number of carbonyl (C=O) groups excluding carboxylic acids is 1. The molecule has 0 saturated heterocycles. The molecule has 1 N–H and O–H groups in total. The van der Waals surface area contributed by atoms with Gasteiger partial charge in [-0.15, -0.1) is 0 Å². The van der Waals surface area contributed by atoms with Crippen LogP contribution in [-0.4, -0.2) is 31.5 Å². The summed E-state index contributed by atoms with van der Waals surface area (Å²) in [6.07, 6.45) is 0. The van der Waals surface area contributed by atoms with Crippen LogP contribution in [0.3, 0.4) is 0 Å². The average Bonchev–Trinajstić information content (AvgIpc) is 2.50. The Balaban J connectivity index is 1.98. The number of hydrogen-bond donors (Lipinski definition) is 1. The predicted molar refractivity (Wildman–Crippen MR) is 99.2 cm³/mol. The highest BCUT2D eigenvalue weighted by molar-refractivity contribution is 6.33. The molecule has 24 heavy (non-hydrogen) atoms. The van der Waals surface area contributed by atoms with Gasteiger partial charge in [0.25, 0.3) is 0 Å². The van der Waals surface area contributed by atoms with Crippen LogP contribution in [0.4, 0.5) is 5.69 Å². The number of amides is 1. The number of ether oxygens (including phenoxy) is 1. The Kier molecular flexibility index (Phi) is 6.49. The smallest absolute Gasteiger partial charge is 0.238 e. The number of anilines is 1. The molecule has 128 valence electrons. The lowest BCUT2D eigenvalue weighted by Gasteiger charge is -2.18. The summed E-state index contributed by atoms with van der Waals surface area (Å²) in [5.41, 5.74) is 2.58. The summed E-state index contributed by atoms with van der Waals surface area (Å²) >= 11 is 12.2. The number of nitrogens with one attached hydrogen (secondary N) is 1. The monoisotopic (exact) mass is 366 g/mol. The number of carbonyl (C=O) groups is 1. The van der Waals surface area contributed by atoms with Crippen molar-refractivity contribution in [2.45, 2.75) is 13.5 Å². The molecule has 4 nitrogen and oxygen atoms in total. The first-order valence-corrected chi connectivity index (χ1v) is 8.21. The normalized spacial score (nSPS) is 10.8. The summed E-state index contributed by atoms with van der Waals surface area (Å²) in [7, 11) is 3.47. The molecule has 0 aromatic heterocycles. The molecule has 2 aromatic rings. The van der Waals surface area contributed by atoms with E-state index in [9.17, 15) is 4.79 Å². The van der Waals surface area contributed by atoms with Crippen molar-refractivity contribution < 1.29 is 9.53 Å². The fourth-order valence-electron chi connectivity index (χ4n) is 2.37. The van der Waals surface area contributed by atoms with Gasteiger partial charge >= 0.3 is 0 Å². The number of aryl methyl sites for hydroxylation is 1. The lowest BCUT2D eigenvalue weighted by atomic mass is 10.2. The molecule has 0 bridgehead atoms. The maximum atomic E-state index is 12.2. The van der Waals surface area contributed by atoms with Crippen LogP contribution in [0.1, 0.15) is 11.1 Å². The largest absolute Gasteiger partial charge is 0.496 e. The van der Waals surface area contributed by atoms with E-state index in [-0.39, 0.29) is 12.5 Å². The average molecular weight is 367 g/mol. The summed E-state index contributed by atoms with van der Waals surface area (Å²) in [5, 5.41) is 3.99. The zero-order valence-corrected chi connectivity index (χ0v) is 15.4. The molecule has 0 heterocycles. The minimum Gasteiger partial charge on any atom is -0.496 e. The van der Waals surface area contributed by atoms with Crippen LogP contribution in [-0.2, 0) is 11.3 Å². The SMILES string of the molecule is COc1ccc(Cl)cc1CN(C)CC(=O)Nc1ccc(C)cc1Cl. The van der Waals surface area contributed by atoms with Crippen LogP contribution in [0.15, 0.2) is 36.4 Å². The molecule has 0 atom stereocenters. The Morgan fingerprint density at radius 2 is 1.96 bits per heavy atom. The quantitative estimate of drug-likeness (QED) is 0.824. The number of nitrogens with zero attached hydrogens (tertiary/aromatic N) is 1. The number of rotatable bonds is 6. The maximum Gasteiger partial charge on any atom is 0.238 e. The lowest BCUT2D eigenvalue weighted by molar-refractivity contribution is -0.117. The fourth-order valence-corrected chi connectivity index (χ4v) is 2.85. The molecule has 2 aromatic carbocycles. The van der Waals surface area contributed by atoms with Gasteiger partial charge in [-0.25, -0.2) is 0 Å². The van der Waals surface area contributed by atoms with Gasteiger partial charge in [-0.2, -0.15) is 0 Å². The first-order valence-electron chi connectivity index (χ1n) is 7.46. The van der Waals surface area contributed by atoms with Crippen molar-refractivity contribution in [2.24, 2.45) is 0 Å². The molecule has 2 rings (SSSR count). The summed E-state index contributed by atoms with van der Waals surface area (Å²) < 4.78 is 5.33. The number of benzene rings is 2. The Morgan fingerprint density at radius 3 is 2.62 bits per heavy atom. The first kappa shape index (κ1) is 18.6. The molecule has 0 aliphatic heterocycles. The second-order valence-electron chi connectivity index (χ2n) is 5.66. The highest BCUT2D eigenvalue weighted by atomic mass is 35.5. The second-order valence-corrected chi connectivity index (χ2v) is 6.50. The van der Waals surface area contributed by atoms with Crippen molar-refractivity contribution in [1.29, 1.82) is 0 Å². The number of methoxy groups -OCH3 is 1. The molecule has 0 spiro atoms. The highest BCUT2D eigenvalue weighted by Gasteiger charge is 2.12. The van der Waals surface area contributed by atoms with Crippen molar-refractivity contribution in [3.05, 3.63) is 57.6 Å². The lowest BCUT2D eigenvalue weighted by Crippen LogP contribution is -2.30. The molecule has 6 heteroatoms. The molecule has 1 amide bonds. The van der Waals surface area contributed by atoms with Crippen LogP contribution in [0, 0.1) is 6.92 Å². The van der Waals surface area contributed by atoms with Crippen molar-refractivity contribution >= 4 is 34.8 Å². The van der Waals surface area contributed by atoms with Gasteiger partial charge in [0, 0.05) is 17.1 Å². The zero-order valence-electron chi connectivity index (χ0n) is 13.9. The van der Waals surface area contributed by atoms with Crippen molar-refractivity contribution in [3.63, 3.8) is 0 Å². The Bertz CT molecular complexity index is 735. The van der Waals surface area contributed by atoms with E-state index in [1.165, 1.54) is 0 Å². The zero-order chi connectivity index (χ0) is 17.7.